The molecule has 0 atom stereocenters. The Morgan fingerprint density at radius 2 is 2.00 bits per heavy atom. The molecule has 7 heteroatoms. The second-order valence-electron chi connectivity index (χ2n) is 3.85. The number of halogens is 3. The number of fused-ring (bicyclic) bond motifs is 1. The maximum Gasteiger partial charge on any atom is 0.344 e. The number of carboxylic acid groups (broad SMARTS) is 1. The van der Waals surface area contributed by atoms with Gasteiger partial charge in [-0.05, 0) is 18.6 Å². The van der Waals surface area contributed by atoms with Gasteiger partial charge in [0.25, 0.3) is 0 Å². The van der Waals surface area contributed by atoms with Crippen LogP contribution in [0.4, 0.5) is 13.3 Å². The Bertz CT molecular complexity index is 752. The number of nitrogens with zero attached hydrogens (tertiary/aromatic N) is 1. The summed E-state index contributed by atoms with van der Waals surface area (Å²) >= 11 is 0. The van der Waals surface area contributed by atoms with Gasteiger partial charge in [-0.25, -0.2) is 9.18 Å². The molecule has 0 aliphatic heterocycles. The maximum absolute atomic E-state index is 13.7. The van der Waals surface area contributed by atoms with E-state index >= 15 is 0 Å². The van der Waals surface area contributed by atoms with E-state index < -0.39 is 44.4 Å². The molecular weight excluding hydrogens is 263 g/mol. The van der Waals surface area contributed by atoms with E-state index in [1.54, 1.807) is 0 Å². The topological polar surface area (TPSA) is 59.3 Å². The summed E-state index contributed by atoms with van der Waals surface area (Å²) in [6.45, 7) is 1.52. The summed E-state index contributed by atoms with van der Waals surface area (Å²) in [5.74, 6) is -4.48. The van der Waals surface area contributed by atoms with Gasteiger partial charge in [0.2, 0.25) is 11.4 Å². The number of aromatic carboxylic acids is 1. The van der Waals surface area contributed by atoms with Crippen LogP contribution in [0.3, 0.4) is 0 Å². The average molecular weight is 271 g/mol. The van der Waals surface area contributed by atoms with Crippen molar-refractivity contribution in [2.45, 2.75) is 13.3 Å². The molecule has 1 heterocycles. The van der Waals surface area contributed by atoms with Gasteiger partial charge in [-0.3, -0.25) is 4.79 Å². The fraction of sp³-hybridized carbons (Fsp3) is 0.167. The fourth-order valence-corrected chi connectivity index (χ4v) is 1.98. The Hall–Kier alpha value is -2.31. The van der Waals surface area contributed by atoms with Crippen molar-refractivity contribution in [2.75, 3.05) is 0 Å². The summed E-state index contributed by atoms with van der Waals surface area (Å²) in [6, 6.07) is 1.79. The molecule has 1 aromatic heterocycles. The van der Waals surface area contributed by atoms with E-state index in [1.165, 1.54) is 6.92 Å². The van der Waals surface area contributed by atoms with Gasteiger partial charge in [0.05, 0.1) is 10.9 Å². The molecule has 0 bridgehead atoms. The van der Waals surface area contributed by atoms with E-state index in [4.69, 9.17) is 5.11 Å². The minimum atomic E-state index is -1.90. The van der Waals surface area contributed by atoms with Crippen LogP contribution in [-0.2, 0) is 6.42 Å². The van der Waals surface area contributed by atoms with Crippen LogP contribution >= 0.6 is 0 Å². The van der Waals surface area contributed by atoms with Gasteiger partial charge in [0, 0.05) is 5.56 Å². The van der Waals surface area contributed by atoms with Gasteiger partial charge in [-0.15, -0.1) is 4.79 Å². The highest BCUT2D eigenvalue weighted by Crippen LogP contribution is 2.22. The molecule has 0 saturated carbocycles. The summed E-state index contributed by atoms with van der Waals surface area (Å²) in [6.07, 6.45) is 0.0447. The minimum absolute atomic E-state index is 0.0447. The second kappa shape index (κ2) is 4.42. The second-order valence-corrected chi connectivity index (χ2v) is 3.85. The lowest BCUT2D eigenvalue weighted by molar-refractivity contribution is 0.0685. The average Bonchev–Trinajstić information content (AvgIpc) is 2.35. The number of carboxylic acids is 1. The molecule has 2 aromatic rings. The maximum atomic E-state index is 13.7. The predicted octanol–water partition coefficient (Wildman–Crippen LogP) is 2.27. The van der Waals surface area contributed by atoms with Crippen LogP contribution in [0.1, 0.15) is 22.8 Å². The van der Waals surface area contributed by atoms with Gasteiger partial charge >= 0.3 is 5.97 Å². The van der Waals surface area contributed by atoms with E-state index in [9.17, 15) is 22.9 Å². The Balaban J connectivity index is 3.13. The SMILES string of the molecule is CCc1c(F)ccc2c1c(=O)c(C(=O)O)c(F)n2F. The molecule has 4 nitrogen and oxygen atoms in total. The van der Waals surface area contributed by atoms with Crippen LogP contribution < -0.4 is 5.43 Å². The highest BCUT2D eigenvalue weighted by atomic mass is 19.2. The van der Waals surface area contributed by atoms with Crippen LogP contribution in [0, 0.1) is 11.8 Å². The largest absolute Gasteiger partial charge is 0.477 e. The first-order chi connectivity index (χ1) is 8.90. The van der Waals surface area contributed by atoms with E-state index in [2.05, 4.69) is 0 Å². The zero-order chi connectivity index (χ0) is 14.3. The molecule has 0 aliphatic rings. The third kappa shape index (κ3) is 1.78. The molecule has 0 spiro atoms. The zero-order valence-corrected chi connectivity index (χ0v) is 9.71. The number of rotatable bonds is 2. The molecule has 1 aromatic carbocycles. The number of aryl methyl sites for hydroxylation is 1. The van der Waals surface area contributed by atoms with Crippen LogP contribution in [0.15, 0.2) is 16.9 Å². The first-order valence-corrected chi connectivity index (χ1v) is 5.35. The monoisotopic (exact) mass is 271 g/mol. The van der Waals surface area contributed by atoms with Crippen molar-refractivity contribution in [3.8, 4) is 0 Å². The van der Waals surface area contributed by atoms with Crippen LogP contribution in [0.5, 0.6) is 0 Å². The van der Waals surface area contributed by atoms with Crippen molar-refractivity contribution in [2.24, 2.45) is 0 Å². The number of pyridine rings is 1. The third-order valence-corrected chi connectivity index (χ3v) is 2.85. The van der Waals surface area contributed by atoms with Gasteiger partial charge in [0.15, 0.2) is 5.56 Å². The quantitative estimate of drug-likeness (QED) is 0.852. The highest BCUT2D eigenvalue weighted by Gasteiger charge is 2.24. The molecule has 0 aliphatic carbocycles. The van der Waals surface area contributed by atoms with E-state index in [0.29, 0.717) is 0 Å². The van der Waals surface area contributed by atoms with Gasteiger partial charge in [0.1, 0.15) is 5.82 Å². The zero-order valence-electron chi connectivity index (χ0n) is 9.71. The Morgan fingerprint density at radius 3 is 2.53 bits per heavy atom. The van der Waals surface area contributed by atoms with Crippen LogP contribution in [0.25, 0.3) is 10.9 Å². The summed E-state index contributed by atoms with van der Waals surface area (Å²) in [7, 11) is 0. The van der Waals surface area contributed by atoms with Crippen molar-refractivity contribution in [3.05, 3.63) is 45.2 Å². The molecule has 0 amide bonds. The summed E-state index contributed by atoms with van der Waals surface area (Å²) < 4.78 is 40.7. The molecule has 0 saturated heterocycles. The number of hydrogen-bond donors (Lipinski definition) is 1. The van der Waals surface area contributed by atoms with Crippen molar-refractivity contribution < 1.29 is 23.2 Å². The lowest BCUT2D eigenvalue weighted by Crippen LogP contribution is -2.22. The Labute approximate surface area is 104 Å². The number of benzene rings is 1. The molecule has 0 radical (unpaired) electrons. The summed E-state index contributed by atoms with van der Waals surface area (Å²) in [4.78, 5) is 22.2. The van der Waals surface area contributed by atoms with Crippen molar-refractivity contribution in [1.29, 1.82) is 0 Å². The molecule has 1 N–H and O–H groups in total. The van der Waals surface area contributed by atoms with Crippen molar-refractivity contribution >= 4 is 16.9 Å². The van der Waals surface area contributed by atoms with Gasteiger partial charge in [-0.2, -0.15) is 4.39 Å². The smallest absolute Gasteiger partial charge is 0.344 e. The molecule has 100 valence electrons. The Kier molecular flexibility index (Phi) is 3.05. The van der Waals surface area contributed by atoms with E-state index in [-0.39, 0.29) is 12.0 Å². The lowest BCUT2D eigenvalue weighted by Gasteiger charge is -2.09. The number of aromatic nitrogens is 1. The number of carbonyl (C=O) groups is 1. The van der Waals surface area contributed by atoms with Gasteiger partial charge < -0.3 is 5.11 Å². The fourth-order valence-electron chi connectivity index (χ4n) is 1.98. The molecule has 0 unspecified atom stereocenters. The highest BCUT2D eigenvalue weighted by molar-refractivity contribution is 5.93. The number of hydrogen-bond acceptors (Lipinski definition) is 2. The first kappa shape index (κ1) is 13.1. The molecule has 2 rings (SSSR count). The first-order valence-electron chi connectivity index (χ1n) is 5.35. The lowest BCUT2D eigenvalue weighted by atomic mass is 10.0. The molecule has 19 heavy (non-hydrogen) atoms. The van der Waals surface area contributed by atoms with E-state index in [0.717, 1.165) is 12.1 Å². The Morgan fingerprint density at radius 1 is 1.37 bits per heavy atom. The molecule has 0 fully saturated rings. The molecular formula is C12H8F3NO3. The van der Waals surface area contributed by atoms with Crippen molar-refractivity contribution in [3.63, 3.8) is 0 Å². The normalized spacial score (nSPS) is 10.9. The summed E-state index contributed by atoms with van der Waals surface area (Å²) in [5, 5.41) is 8.29. The third-order valence-electron chi connectivity index (χ3n) is 2.85. The van der Waals surface area contributed by atoms with E-state index in [1.807, 2.05) is 0 Å². The van der Waals surface area contributed by atoms with Crippen LogP contribution in [0.2, 0.25) is 0 Å². The summed E-state index contributed by atoms with van der Waals surface area (Å²) in [5.41, 5.74) is -3.21. The predicted molar refractivity (Wildman–Crippen MR) is 61.0 cm³/mol. The van der Waals surface area contributed by atoms with Crippen LogP contribution in [-0.4, -0.2) is 15.9 Å². The minimum Gasteiger partial charge on any atom is -0.477 e. The van der Waals surface area contributed by atoms with Crippen molar-refractivity contribution in [1.82, 2.24) is 4.79 Å². The van der Waals surface area contributed by atoms with Gasteiger partial charge in [-0.1, -0.05) is 11.4 Å². The standard InChI is InChI=1S/C12H8F3NO3/c1-2-5-6(13)3-4-7-8(5)10(17)9(12(18)19)11(14)16(7)15/h3-4H,2H2,1H3,(H,18,19).